The zero-order valence-corrected chi connectivity index (χ0v) is 11.2. The lowest BCUT2D eigenvalue weighted by Gasteiger charge is -2.09. The van der Waals surface area contributed by atoms with Crippen LogP contribution in [0, 0.1) is 0 Å². The summed E-state index contributed by atoms with van der Waals surface area (Å²) in [7, 11) is 0. The lowest BCUT2D eigenvalue weighted by Crippen LogP contribution is -2.14. The minimum absolute atomic E-state index is 0.338. The zero-order valence-electron chi connectivity index (χ0n) is 11.2. The van der Waals surface area contributed by atoms with Crippen LogP contribution < -0.4 is 16.6 Å². The Labute approximate surface area is 115 Å². The average Bonchev–Trinajstić information content (AvgIpc) is 2.98. The number of hydrazine groups is 1. The van der Waals surface area contributed by atoms with Gasteiger partial charge in [0.15, 0.2) is 12.2 Å². The minimum Gasteiger partial charge on any atom is -0.374 e. The van der Waals surface area contributed by atoms with Gasteiger partial charge in [-0.15, -0.1) is 0 Å². The number of rotatable bonds is 8. The van der Waals surface area contributed by atoms with E-state index >= 15 is 0 Å². The molecule has 4 N–H and O–H groups in total. The number of nitrogen functional groups attached to an aromatic ring is 1. The molecule has 108 valence electrons. The molecule has 9 heteroatoms. The van der Waals surface area contributed by atoms with Gasteiger partial charge in [-0.05, 0) is 6.92 Å². The lowest BCUT2D eigenvalue weighted by molar-refractivity contribution is 0.128. The molecule has 0 aliphatic carbocycles. The van der Waals surface area contributed by atoms with Gasteiger partial charge in [-0.1, -0.05) is 5.16 Å². The fourth-order valence-electron chi connectivity index (χ4n) is 1.52. The molecule has 0 spiro atoms. The first-order valence-electron chi connectivity index (χ1n) is 6.23. The summed E-state index contributed by atoms with van der Waals surface area (Å²) in [4.78, 5) is 12.5. The number of hydrogen-bond donors (Lipinski definition) is 3. The van der Waals surface area contributed by atoms with Crippen LogP contribution in [0.3, 0.4) is 0 Å². The van der Waals surface area contributed by atoms with Crippen molar-refractivity contribution in [3.8, 4) is 0 Å². The molecule has 0 saturated heterocycles. The van der Waals surface area contributed by atoms with Crippen molar-refractivity contribution in [3.63, 3.8) is 0 Å². The lowest BCUT2D eigenvalue weighted by atomic mass is 10.4. The van der Waals surface area contributed by atoms with Gasteiger partial charge in [0.05, 0.1) is 0 Å². The summed E-state index contributed by atoms with van der Waals surface area (Å²) in [5, 5.41) is 6.68. The molecule has 0 fully saturated rings. The van der Waals surface area contributed by atoms with Crippen molar-refractivity contribution in [1.29, 1.82) is 0 Å². The normalized spacial score (nSPS) is 10.5. The summed E-state index contributed by atoms with van der Waals surface area (Å²) >= 11 is 0. The Hall–Kier alpha value is -2.26. The summed E-state index contributed by atoms with van der Waals surface area (Å²) in [6.45, 7) is 3.46. The molecular formula is C11H17N7O2. The van der Waals surface area contributed by atoms with Crippen molar-refractivity contribution < 1.29 is 9.26 Å². The number of ether oxygens (including phenoxy) is 1. The minimum atomic E-state index is 0.338. The fraction of sp³-hybridized carbons (Fsp3) is 0.455. The predicted molar refractivity (Wildman–Crippen MR) is 71.7 cm³/mol. The average molecular weight is 279 g/mol. The van der Waals surface area contributed by atoms with Crippen molar-refractivity contribution in [2.75, 3.05) is 23.9 Å². The maximum atomic E-state index is 5.38. The van der Waals surface area contributed by atoms with Crippen molar-refractivity contribution in [2.24, 2.45) is 5.84 Å². The molecule has 2 heterocycles. The third-order valence-electron chi connectivity index (χ3n) is 2.41. The standard InChI is InChI=1S/C11H17N7O2/c1-2-19-6-10-16-8(5-9(17-10)18-12)13-4-3-11-14-7-15-20-11/h5,7H,2-4,6,12H2,1H3,(H2,13,16,17,18). The van der Waals surface area contributed by atoms with Gasteiger partial charge in [-0.3, -0.25) is 0 Å². The Morgan fingerprint density at radius 2 is 2.20 bits per heavy atom. The largest absolute Gasteiger partial charge is 0.374 e. The van der Waals surface area contributed by atoms with Crippen LogP contribution in [0.5, 0.6) is 0 Å². The van der Waals surface area contributed by atoms with Crippen LogP contribution in [-0.4, -0.2) is 33.3 Å². The molecule has 20 heavy (non-hydrogen) atoms. The number of nitrogens with zero attached hydrogens (tertiary/aromatic N) is 4. The maximum absolute atomic E-state index is 5.38. The van der Waals surface area contributed by atoms with Gasteiger partial charge < -0.3 is 20.0 Å². The van der Waals surface area contributed by atoms with E-state index < -0.39 is 0 Å². The molecule has 0 unspecified atom stereocenters. The van der Waals surface area contributed by atoms with Crippen molar-refractivity contribution in [1.82, 2.24) is 20.1 Å². The first kappa shape index (κ1) is 14.2. The third-order valence-corrected chi connectivity index (χ3v) is 2.41. The van der Waals surface area contributed by atoms with Crippen LogP contribution in [0.15, 0.2) is 16.9 Å². The monoisotopic (exact) mass is 279 g/mol. The Morgan fingerprint density at radius 3 is 2.90 bits per heavy atom. The Kier molecular flexibility index (Phi) is 5.21. The summed E-state index contributed by atoms with van der Waals surface area (Å²) in [5.41, 5.74) is 2.50. The molecule has 0 aliphatic rings. The summed E-state index contributed by atoms with van der Waals surface area (Å²) in [6.07, 6.45) is 1.98. The van der Waals surface area contributed by atoms with Crippen LogP contribution in [0.2, 0.25) is 0 Å². The first-order valence-corrected chi connectivity index (χ1v) is 6.23. The van der Waals surface area contributed by atoms with E-state index in [0.29, 0.717) is 49.5 Å². The zero-order chi connectivity index (χ0) is 14.2. The van der Waals surface area contributed by atoms with E-state index in [2.05, 4.69) is 30.9 Å². The van der Waals surface area contributed by atoms with Gasteiger partial charge in [0, 0.05) is 25.6 Å². The van der Waals surface area contributed by atoms with E-state index in [1.807, 2.05) is 6.92 Å². The molecule has 0 saturated carbocycles. The van der Waals surface area contributed by atoms with Crippen molar-refractivity contribution >= 4 is 11.6 Å². The van der Waals surface area contributed by atoms with Gasteiger partial charge in [-0.25, -0.2) is 15.8 Å². The molecule has 2 rings (SSSR count). The van der Waals surface area contributed by atoms with Gasteiger partial charge in [0.2, 0.25) is 5.89 Å². The molecule has 0 radical (unpaired) electrons. The smallest absolute Gasteiger partial charge is 0.228 e. The topological polar surface area (TPSA) is 124 Å². The summed E-state index contributed by atoms with van der Waals surface area (Å²) < 4.78 is 10.2. The van der Waals surface area contributed by atoms with E-state index in [1.54, 1.807) is 6.07 Å². The number of nitrogens with two attached hydrogens (primary N) is 1. The number of anilines is 2. The van der Waals surface area contributed by atoms with Gasteiger partial charge in [0.1, 0.15) is 18.2 Å². The fourth-order valence-corrected chi connectivity index (χ4v) is 1.52. The van der Waals surface area contributed by atoms with E-state index in [1.165, 1.54) is 6.33 Å². The van der Waals surface area contributed by atoms with Crippen molar-refractivity contribution in [2.45, 2.75) is 20.0 Å². The third kappa shape index (κ3) is 4.14. The highest BCUT2D eigenvalue weighted by molar-refractivity contribution is 5.46. The molecule has 0 atom stereocenters. The summed E-state index contributed by atoms with van der Waals surface area (Å²) in [5.74, 6) is 7.68. The predicted octanol–water partition coefficient (Wildman–Crippen LogP) is 0.336. The number of aromatic nitrogens is 4. The number of hydrogen-bond acceptors (Lipinski definition) is 9. The van der Waals surface area contributed by atoms with Crippen LogP contribution in [0.1, 0.15) is 18.6 Å². The second-order valence-electron chi connectivity index (χ2n) is 3.85. The molecule has 2 aromatic rings. The van der Waals surface area contributed by atoms with Crippen LogP contribution in [0.4, 0.5) is 11.6 Å². The van der Waals surface area contributed by atoms with E-state index in [9.17, 15) is 0 Å². The van der Waals surface area contributed by atoms with Crippen molar-refractivity contribution in [3.05, 3.63) is 24.1 Å². The molecule has 9 nitrogen and oxygen atoms in total. The highest BCUT2D eigenvalue weighted by Gasteiger charge is 2.05. The Bertz CT molecular complexity index is 517. The second kappa shape index (κ2) is 7.36. The Morgan fingerprint density at radius 1 is 1.35 bits per heavy atom. The number of nitrogens with one attached hydrogen (secondary N) is 2. The van der Waals surface area contributed by atoms with Gasteiger partial charge >= 0.3 is 0 Å². The Balaban J connectivity index is 1.94. The molecule has 0 bridgehead atoms. The second-order valence-corrected chi connectivity index (χ2v) is 3.85. The maximum Gasteiger partial charge on any atom is 0.228 e. The molecule has 0 aliphatic heterocycles. The van der Waals surface area contributed by atoms with Crippen LogP contribution in [-0.2, 0) is 17.8 Å². The van der Waals surface area contributed by atoms with Gasteiger partial charge in [-0.2, -0.15) is 4.98 Å². The highest BCUT2D eigenvalue weighted by atomic mass is 16.5. The summed E-state index contributed by atoms with van der Waals surface area (Å²) in [6, 6.07) is 1.71. The highest BCUT2D eigenvalue weighted by Crippen LogP contribution is 2.11. The quantitative estimate of drug-likeness (QED) is 0.463. The van der Waals surface area contributed by atoms with Gasteiger partial charge in [0.25, 0.3) is 0 Å². The van der Waals surface area contributed by atoms with Crippen LogP contribution >= 0.6 is 0 Å². The van der Waals surface area contributed by atoms with E-state index in [4.69, 9.17) is 15.1 Å². The van der Waals surface area contributed by atoms with E-state index in [-0.39, 0.29) is 0 Å². The molecule has 0 aromatic carbocycles. The van der Waals surface area contributed by atoms with Crippen LogP contribution in [0.25, 0.3) is 0 Å². The molecule has 0 amide bonds. The molecular weight excluding hydrogens is 262 g/mol. The SMILES string of the molecule is CCOCc1nc(NN)cc(NCCc2ncno2)n1. The molecule has 2 aromatic heterocycles. The first-order chi connectivity index (χ1) is 9.81. The van der Waals surface area contributed by atoms with E-state index in [0.717, 1.165) is 0 Å².